The lowest BCUT2D eigenvalue weighted by molar-refractivity contribution is 0.511. The van der Waals surface area contributed by atoms with E-state index in [1.165, 1.54) is 16.4 Å². The smallest absolute Gasteiger partial charge is 0.0857 e. The maximum absolute atomic E-state index is 4.32. The lowest BCUT2D eigenvalue weighted by atomic mass is 9.89. The largest absolute Gasteiger partial charge is 0.309 e. The van der Waals surface area contributed by atoms with Crippen LogP contribution in [-0.2, 0) is 18.9 Å². The molecular formula is C13H22N6S. The second kappa shape index (κ2) is 5.97. The number of aryl methyl sites for hydroxylation is 1. The number of nitrogens with one attached hydrogen (secondary N) is 1. The average molecular weight is 294 g/mol. The van der Waals surface area contributed by atoms with Crippen LogP contribution in [0.25, 0.3) is 0 Å². The Morgan fingerprint density at radius 1 is 1.35 bits per heavy atom. The van der Waals surface area contributed by atoms with Gasteiger partial charge in [-0.3, -0.25) is 4.68 Å². The molecule has 2 heterocycles. The van der Waals surface area contributed by atoms with Gasteiger partial charge in [0.15, 0.2) is 0 Å². The number of likely N-dealkylation sites (N-methyl/N-ethyl adjacent to an activating group) is 1. The predicted octanol–water partition coefficient (Wildman–Crippen LogP) is 1.86. The molecule has 0 saturated heterocycles. The van der Waals surface area contributed by atoms with Gasteiger partial charge in [-0.2, -0.15) is 0 Å². The molecule has 0 aliphatic rings. The van der Waals surface area contributed by atoms with Crippen LogP contribution in [0, 0.1) is 0 Å². The van der Waals surface area contributed by atoms with Crippen LogP contribution < -0.4 is 5.32 Å². The number of rotatable bonds is 5. The summed E-state index contributed by atoms with van der Waals surface area (Å²) in [5.74, 6) is 0. The number of hydrogen-bond donors (Lipinski definition) is 1. The number of aromatic nitrogens is 5. The summed E-state index contributed by atoms with van der Waals surface area (Å²) in [5, 5.41) is 16.0. The molecule has 0 aromatic carbocycles. The lowest BCUT2D eigenvalue weighted by Crippen LogP contribution is -2.26. The molecule has 2 aromatic heterocycles. The molecule has 0 aliphatic carbocycles. The van der Waals surface area contributed by atoms with E-state index in [0.29, 0.717) is 0 Å². The molecule has 0 spiro atoms. The fourth-order valence-electron chi connectivity index (χ4n) is 2.15. The Morgan fingerprint density at radius 2 is 2.10 bits per heavy atom. The Balaban J connectivity index is 2.27. The van der Waals surface area contributed by atoms with Crippen molar-refractivity contribution in [2.75, 3.05) is 6.54 Å². The summed E-state index contributed by atoms with van der Waals surface area (Å²) >= 11 is 1.47. The summed E-state index contributed by atoms with van der Waals surface area (Å²) in [6.45, 7) is 9.50. The van der Waals surface area contributed by atoms with Crippen LogP contribution >= 0.6 is 11.5 Å². The normalized spacial score (nSPS) is 13.7. The second-order valence-electron chi connectivity index (χ2n) is 5.93. The van der Waals surface area contributed by atoms with E-state index in [2.05, 4.69) is 52.9 Å². The molecule has 20 heavy (non-hydrogen) atoms. The van der Waals surface area contributed by atoms with Crippen molar-refractivity contribution in [3.8, 4) is 0 Å². The SMILES string of the molecule is CCNC(Cc1cn(C)nn1)c1snnc1C(C)(C)C. The van der Waals surface area contributed by atoms with Crippen molar-refractivity contribution in [1.29, 1.82) is 0 Å². The Bertz CT molecular complexity index is 553. The molecule has 0 radical (unpaired) electrons. The molecule has 110 valence electrons. The van der Waals surface area contributed by atoms with Gasteiger partial charge < -0.3 is 5.32 Å². The molecule has 1 unspecified atom stereocenters. The van der Waals surface area contributed by atoms with Gasteiger partial charge in [-0.1, -0.05) is 37.4 Å². The minimum absolute atomic E-state index is 0.00162. The lowest BCUT2D eigenvalue weighted by Gasteiger charge is -2.21. The van der Waals surface area contributed by atoms with Crippen LogP contribution in [0.15, 0.2) is 6.20 Å². The summed E-state index contributed by atoms with van der Waals surface area (Å²) in [6, 6.07) is 0.186. The van der Waals surface area contributed by atoms with E-state index in [0.717, 1.165) is 24.4 Å². The highest BCUT2D eigenvalue weighted by molar-refractivity contribution is 7.05. The molecule has 1 atom stereocenters. The molecule has 1 N–H and O–H groups in total. The highest BCUT2D eigenvalue weighted by Gasteiger charge is 2.27. The molecule has 2 aromatic rings. The summed E-state index contributed by atoms with van der Waals surface area (Å²) in [6.07, 6.45) is 2.75. The molecule has 0 saturated carbocycles. The average Bonchev–Trinajstić information content (AvgIpc) is 2.96. The van der Waals surface area contributed by atoms with Crippen LogP contribution in [0.2, 0.25) is 0 Å². The Labute approximate surface area is 123 Å². The van der Waals surface area contributed by atoms with E-state index in [9.17, 15) is 0 Å². The van der Waals surface area contributed by atoms with E-state index < -0.39 is 0 Å². The van der Waals surface area contributed by atoms with Crippen molar-refractivity contribution in [3.05, 3.63) is 22.5 Å². The van der Waals surface area contributed by atoms with E-state index >= 15 is 0 Å². The van der Waals surface area contributed by atoms with Crippen LogP contribution in [0.1, 0.15) is 50.0 Å². The van der Waals surface area contributed by atoms with E-state index in [1.54, 1.807) is 4.68 Å². The number of hydrogen-bond acceptors (Lipinski definition) is 6. The van der Waals surface area contributed by atoms with Crippen molar-refractivity contribution in [1.82, 2.24) is 29.9 Å². The third-order valence-corrected chi connectivity index (χ3v) is 3.89. The standard InChI is InChI=1S/C13H22N6S/c1-6-14-10(7-9-8-19(5)17-15-9)11-12(13(2,3)4)16-18-20-11/h8,10,14H,6-7H2,1-5H3. The molecular weight excluding hydrogens is 272 g/mol. The molecule has 6 nitrogen and oxygen atoms in total. The monoisotopic (exact) mass is 294 g/mol. The van der Waals surface area contributed by atoms with Crippen LogP contribution in [-0.4, -0.2) is 31.1 Å². The Kier molecular flexibility index (Phi) is 4.49. The van der Waals surface area contributed by atoms with Gasteiger partial charge in [0.25, 0.3) is 0 Å². The summed E-state index contributed by atoms with van der Waals surface area (Å²) in [5.41, 5.74) is 2.04. The van der Waals surface area contributed by atoms with Gasteiger partial charge in [0.2, 0.25) is 0 Å². The maximum Gasteiger partial charge on any atom is 0.0857 e. The van der Waals surface area contributed by atoms with E-state index in [-0.39, 0.29) is 11.5 Å². The van der Waals surface area contributed by atoms with Gasteiger partial charge in [-0.25, -0.2) is 0 Å². The van der Waals surface area contributed by atoms with Gasteiger partial charge >= 0.3 is 0 Å². The fourth-order valence-corrected chi connectivity index (χ4v) is 3.09. The fraction of sp³-hybridized carbons (Fsp3) is 0.692. The second-order valence-corrected chi connectivity index (χ2v) is 6.72. The Morgan fingerprint density at radius 3 is 2.65 bits per heavy atom. The maximum atomic E-state index is 4.32. The highest BCUT2D eigenvalue weighted by Crippen LogP contribution is 2.31. The molecule has 7 heteroatoms. The third kappa shape index (κ3) is 3.40. The zero-order valence-electron chi connectivity index (χ0n) is 12.7. The van der Waals surface area contributed by atoms with Crippen LogP contribution in [0.4, 0.5) is 0 Å². The molecule has 0 bridgehead atoms. The van der Waals surface area contributed by atoms with Crippen molar-refractivity contribution in [2.45, 2.75) is 45.6 Å². The summed E-state index contributed by atoms with van der Waals surface area (Å²) in [4.78, 5) is 1.20. The predicted molar refractivity (Wildman–Crippen MR) is 79.7 cm³/mol. The van der Waals surface area contributed by atoms with Gasteiger partial charge in [-0.05, 0) is 18.1 Å². The third-order valence-electron chi connectivity index (χ3n) is 3.05. The van der Waals surface area contributed by atoms with Gasteiger partial charge in [0, 0.05) is 25.1 Å². The number of nitrogens with zero attached hydrogens (tertiary/aromatic N) is 5. The summed E-state index contributed by atoms with van der Waals surface area (Å²) < 4.78 is 5.88. The Hall–Kier alpha value is -1.34. The van der Waals surface area contributed by atoms with Crippen LogP contribution in [0.5, 0.6) is 0 Å². The molecule has 2 rings (SSSR count). The van der Waals surface area contributed by atoms with Gasteiger partial charge in [0.1, 0.15) is 0 Å². The van der Waals surface area contributed by atoms with E-state index in [4.69, 9.17) is 0 Å². The molecule has 0 amide bonds. The zero-order valence-corrected chi connectivity index (χ0v) is 13.5. The van der Waals surface area contributed by atoms with Crippen LogP contribution in [0.3, 0.4) is 0 Å². The molecule has 0 aliphatic heterocycles. The molecule has 0 fully saturated rings. The van der Waals surface area contributed by atoms with Crippen molar-refractivity contribution < 1.29 is 0 Å². The topological polar surface area (TPSA) is 68.5 Å². The van der Waals surface area contributed by atoms with E-state index in [1.807, 2.05) is 13.2 Å². The van der Waals surface area contributed by atoms with Gasteiger partial charge in [-0.15, -0.1) is 10.2 Å². The van der Waals surface area contributed by atoms with Crippen molar-refractivity contribution in [3.63, 3.8) is 0 Å². The quantitative estimate of drug-likeness (QED) is 0.911. The first kappa shape index (κ1) is 15.1. The minimum atomic E-state index is -0.00162. The first-order valence-electron chi connectivity index (χ1n) is 6.83. The zero-order chi connectivity index (χ0) is 14.8. The minimum Gasteiger partial charge on any atom is -0.309 e. The first-order valence-corrected chi connectivity index (χ1v) is 7.60. The van der Waals surface area contributed by atoms with Crippen molar-refractivity contribution in [2.24, 2.45) is 7.05 Å². The first-order chi connectivity index (χ1) is 9.41. The highest BCUT2D eigenvalue weighted by atomic mass is 32.1. The van der Waals surface area contributed by atoms with Crippen molar-refractivity contribution >= 4 is 11.5 Å². The van der Waals surface area contributed by atoms with Gasteiger partial charge in [0.05, 0.1) is 22.3 Å². The summed E-state index contributed by atoms with van der Waals surface area (Å²) in [7, 11) is 1.88.